The van der Waals surface area contributed by atoms with E-state index in [1.165, 1.54) is 0 Å². The first-order valence-corrected chi connectivity index (χ1v) is 9.83. The summed E-state index contributed by atoms with van der Waals surface area (Å²) in [6.45, 7) is 4.54. The van der Waals surface area contributed by atoms with Crippen molar-refractivity contribution in [2.45, 2.75) is 6.92 Å². The Labute approximate surface area is 175 Å². The average molecular weight is 404 g/mol. The van der Waals surface area contributed by atoms with Crippen molar-refractivity contribution in [2.75, 3.05) is 43.5 Å². The molecule has 0 spiro atoms. The number of pyridine rings is 1. The van der Waals surface area contributed by atoms with Crippen LogP contribution >= 0.6 is 0 Å². The minimum Gasteiger partial charge on any atom is -0.497 e. The quantitative estimate of drug-likeness (QED) is 0.700. The molecule has 8 heteroatoms. The lowest BCUT2D eigenvalue weighted by atomic mass is 10.2. The molecule has 1 saturated heterocycles. The number of nitrogens with zero attached hydrogens (tertiary/aromatic N) is 5. The summed E-state index contributed by atoms with van der Waals surface area (Å²) in [4.78, 5) is 29.9. The van der Waals surface area contributed by atoms with Gasteiger partial charge in [-0.15, -0.1) is 0 Å². The minimum absolute atomic E-state index is 0.00905. The Bertz CT molecular complexity index is 1000. The summed E-state index contributed by atoms with van der Waals surface area (Å²) in [5, 5.41) is 3.32. The molecule has 1 fully saturated rings. The maximum Gasteiger partial charge on any atom is 0.255 e. The molecule has 2 aromatic heterocycles. The van der Waals surface area contributed by atoms with Crippen LogP contribution in [0.5, 0.6) is 5.75 Å². The number of aryl methyl sites for hydroxylation is 1. The van der Waals surface area contributed by atoms with Crippen LogP contribution in [0.25, 0.3) is 0 Å². The van der Waals surface area contributed by atoms with Crippen LogP contribution in [0.4, 0.5) is 17.5 Å². The highest BCUT2D eigenvalue weighted by Gasteiger charge is 2.24. The number of hydrogen-bond acceptors (Lipinski definition) is 7. The van der Waals surface area contributed by atoms with Crippen molar-refractivity contribution in [3.8, 4) is 5.75 Å². The van der Waals surface area contributed by atoms with Crippen LogP contribution in [0, 0.1) is 6.92 Å². The first kappa shape index (κ1) is 19.6. The maximum atomic E-state index is 12.6. The van der Waals surface area contributed by atoms with Crippen LogP contribution in [0.2, 0.25) is 0 Å². The molecule has 1 aliphatic heterocycles. The Kier molecular flexibility index (Phi) is 5.74. The van der Waals surface area contributed by atoms with Crippen LogP contribution in [-0.2, 0) is 0 Å². The standard InChI is InChI=1S/C22H24N6O2/c1-16-14-20(25-18-5-7-19(30-2)8-6-18)26-22(24-16)28-12-10-27(11-13-28)21(29)17-4-3-9-23-15-17/h3-9,14-15H,10-13H2,1-2H3,(H,24,25,26). The van der Waals surface area contributed by atoms with E-state index in [9.17, 15) is 4.79 Å². The molecule has 1 aliphatic rings. The number of carbonyl (C=O) groups is 1. The zero-order chi connectivity index (χ0) is 20.9. The Morgan fingerprint density at radius 3 is 2.50 bits per heavy atom. The third-order valence-electron chi connectivity index (χ3n) is 4.96. The SMILES string of the molecule is COc1ccc(Nc2cc(C)nc(N3CCN(C(=O)c4cccnc4)CC3)n2)cc1. The topological polar surface area (TPSA) is 83.5 Å². The van der Waals surface area contributed by atoms with E-state index in [4.69, 9.17) is 4.74 Å². The van der Waals surface area contributed by atoms with Crippen LogP contribution in [0.3, 0.4) is 0 Å². The van der Waals surface area contributed by atoms with Gasteiger partial charge in [-0.2, -0.15) is 4.98 Å². The Morgan fingerprint density at radius 2 is 1.83 bits per heavy atom. The molecule has 30 heavy (non-hydrogen) atoms. The van der Waals surface area contributed by atoms with Crippen molar-refractivity contribution >= 4 is 23.4 Å². The molecule has 0 atom stereocenters. The van der Waals surface area contributed by atoms with E-state index in [-0.39, 0.29) is 5.91 Å². The van der Waals surface area contributed by atoms with Gasteiger partial charge in [-0.05, 0) is 43.3 Å². The van der Waals surface area contributed by atoms with E-state index in [0.717, 1.165) is 22.9 Å². The van der Waals surface area contributed by atoms with Gasteiger partial charge in [0.1, 0.15) is 11.6 Å². The van der Waals surface area contributed by atoms with Gasteiger partial charge in [0.25, 0.3) is 5.91 Å². The number of rotatable bonds is 5. The lowest BCUT2D eigenvalue weighted by Gasteiger charge is -2.35. The molecule has 4 rings (SSSR count). The summed E-state index contributed by atoms with van der Waals surface area (Å²) in [5.41, 5.74) is 2.42. The van der Waals surface area contributed by atoms with Crippen molar-refractivity contribution in [1.82, 2.24) is 19.9 Å². The molecule has 154 valence electrons. The van der Waals surface area contributed by atoms with Crippen molar-refractivity contribution in [3.63, 3.8) is 0 Å². The van der Waals surface area contributed by atoms with Crippen LogP contribution in [-0.4, -0.2) is 59.0 Å². The molecule has 3 heterocycles. The van der Waals surface area contributed by atoms with Crippen LogP contribution in [0.1, 0.15) is 16.1 Å². The van der Waals surface area contributed by atoms with E-state index in [1.807, 2.05) is 42.2 Å². The number of ether oxygens (including phenoxy) is 1. The smallest absolute Gasteiger partial charge is 0.255 e. The maximum absolute atomic E-state index is 12.6. The fourth-order valence-electron chi connectivity index (χ4n) is 3.36. The summed E-state index contributed by atoms with van der Waals surface area (Å²) in [6.07, 6.45) is 3.27. The normalized spacial score (nSPS) is 13.8. The van der Waals surface area contributed by atoms with E-state index in [1.54, 1.807) is 31.6 Å². The number of hydrogen-bond donors (Lipinski definition) is 1. The third kappa shape index (κ3) is 4.48. The van der Waals surface area contributed by atoms with Crippen LogP contribution < -0.4 is 15.0 Å². The molecule has 0 saturated carbocycles. The van der Waals surface area contributed by atoms with Gasteiger partial charge >= 0.3 is 0 Å². The van der Waals surface area contributed by atoms with Crippen molar-refractivity contribution in [3.05, 3.63) is 66.1 Å². The second-order valence-corrected chi connectivity index (χ2v) is 7.07. The number of aromatic nitrogens is 3. The zero-order valence-electron chi connectivity index (χ0n) is 17.1. The summed E-state index contributed by atoms with van der Waals surface area (Å²) in [6, 6.07) is 13.2. The van der Waals surface area contributed by atoms with Crippen LogP contribution in [0.15, 0.2) is 54.9 Å². The van der Waals surface area contributed by atoms with Gasteiger partial charge in [-0.3, -0.25) is 9.78 Å². The highest BCUT2D eigenvalue weighted by molar-refractivity contribution is 5.94. The predicted octanol–water partition coefficient (Wildman–Crippen LogP) is 2.89. The van der Waals surface area contributed by atoms with Crippen molar-refractivity contribution in [1.29, 1.82) is 0 Å². The van der Waals surface area contributed by atoms with Gasteiger partial charge in [0, 0.05) is 56.0 Å². The molecule has 1 amide bonds. The molecule has 1 N–H and O–H groups in total. The number of benzene rings is 1. The molecule has 3 aromatic rings. The molecule has 1 aromatic carbocycles. The molecule has 0 aliphatic carbocycles. The number of carbonyl (C=O) groups excluding carboxylic acids is 1. The molecular weight excluding hydrogens is 380 g/mol. The average Bonchev–Trinajstić information content (AvgIpc) is 2.79. The van der Waals surface area contributed by atoms with E-state index >= 15 is 0 Å². The summed E-state index contributed by atoms with van der Waals surface area (Å²) in [5.74, 6) is 2.21. The second kappa shape index (κ2) is 8.77. The lowest BCUT2D eigenvalue weighted by molar-refractivity contribution is 0.0746. The summed E-state index contributed by atoms with van der Waals surface area (Å²) < 4.78 is 5.20. The molecule has 0 bridgehead atoms. The van der Waals surface area contributed by atoms with Gasteiger partial charge in [0.15, 0.2) is 0 Å². The molecule has 8 nitrogen and oxygen atoms in total. The van der Waals surface area contributed by atoms with Gasteiger partial charge in [-0.25, -0.2) is 4.98 Å². The Balaban J connectivity index is 1.42. The zero-order valence-corrected chi connectivity index (χ0v) is 17.1. The van der Waals surface area contributed by atoms with E-state index in [0.29, 0.717) is 37.7 Å². The molecule has 0 radical (unpaired) electrons. The monoisotopic (exact) mass is 404 g/mol. The third-order valence-corrected chi connectivity index (χ3v) is 4.96. The highest BCUT2D eigenvalue weighted by Crippen LogP contribution is 2.21. The number of amides is 1. The highest BCUT2D eigenvalue weighted by atomic mass is 16.5. The first-order valence-electron chi connectivity index (χ1n) is 9.83. The number of methoxy groups -OCH3 is 1. The Hall–Kier alpha value is -3.68. The molecule has 0 unspecified atom stereocenters. The van der Waals surface area contributed by atoms with Crippen molar-refractivity contribution < 1.29 is 9.53 Å². The number of nitrogens with one attached hydrogen (secondary N) is 1. The summed E-state index contributed by atoms with van der Waals surface area (Å²) >= 11 is 0. The Morgan fingerprint density at radius 1 is 1.07 bits per heavy atom. The molecular formula is C22H24N6O2. The van der Waals surface area contributed by atoms with E-state index in [2.05, 4.69) is 25.2 Å². The van der Waals surface area contributed by atoms with Gasteiger partial charge < -0.3 is 19.9 Å². The van der Waals surface area contributed by atoms with Gasteiger partial charge in [-0.1, -0.05) is 0 Å². The predicted molar refractivity (Wildman–Crippen MR) is 115 cm³/mol. The number of piperazine rings is 1. The minimum atomic E-state index is 0.00905. The van der Waals surface area contributed by atoms with Gasteiger partial charge in [0.05, 0.1) is 12.7 Å². The second-order valence-electron chi connectivity index (χ2n) is 7.07. The van der Waals surface area contributed by atoms with E-state index < -0.39 is 0 Å². The largest absolute Gasteiger partial charge is 0.497 e. The summed E-state index contributed by atoms with van der Waals surface area (Å²) in [7, 11) is 1.65. The first-order chi connectivity index (χ1) is 14.6. The lowest BCUT2D eigenvalue weighted by Crippen LogP contribution is -2.49. The fraction of sp³-hybridized carbons (Fsp3) is 0.273. The van der Waals surface area contributed by atoms with Gasteiger partial charge in [0.2, 0.25) is 5.95 Å². The fourth-order valence-corrected chi connectivity index (χ4v) is 3.36. The van der Waals surface area contributed by atoms with Crippen molar-refractivity contribution in [2.24, 2.45) is 0 Å². The number of anilines is 3.